The van der Waals surface area contributed by atoms with Crippen LogP contribution in [0.3, 0.4) is 0 Å². The van der Waals surface area contributed by atoms with E-state index in [-0.39, 0.29) is 17.1 Å². The number of benzene rings is 1. The number of halogens is 2. The first-order valence-corrected chi connectivity index (χ1v) is 5.91. The zero-order chi connectivity index (χ0) is 11.8. The number of alkyl halides is 1. The summed E-state index contributed by atoms with van der Waals surface area (Å²) in [5.41, 5.74) is 0.118. The van der Waals surface area contributed by atoms with E-state index < -0.39 is 22.5 Å². The normalized spacial score (nSPS) is 17.2. The first-order chi connectivity index (χ1) is 7.54. The summed E-state index contributed by atoms with van der Waals surface area (Å²) in [5.74, 6) is -0.576. The van der Waals surface area contributed by atoms with Crippen molar-refractivity contribution in [1.82, 2.24) is 0 Å². The smallest absolute Gasteiger partial charge is 0.285 e. The van der Waals surface area contributed by atoms with Crippen molar-refractivity contribution in [3.05, 3.63) is 24.0 Å². The van der Waals surface area contributed by atoms with E-state index in [4.69, 9.17) is 0 Å². The van der Waals surface area contributed by atoms with Crippen LogP contribution in [-0.2, 0) is 10.0 Å². The first-order valence-electron chi connectivity index (χ1n) is 4.47. The zero-order valence-corrected chi connectivity index (χ0v) is 8.92. The number of hydrogen-bond donors (Lipinski definition) is 0. The number of fused-ring (bicyclic) bond motifs is 1. The third kappa shape index (κ3) is 1.78. The van der Waals surface area contributed by atoms with Crippen LogP contribution in [0, 0.1) is 5.82 Å². The number of rotatable bonds is 2. The molecule has 0 amide bonds. The van der Waals surface area contributed by atoms with Crippen LogP contribution >= 0.6 is 0 Å². The van der Waals surface area contributed by atoms with Gasteiger partial charge in [-0.3, -0.25) is 0 Å². The molecule has 1 aliphatic rings. The minimum Gasteiger partial charge on any atom is -0.328 e. The SMILES string of the molecule is O=S1(=O)N=CN(CCF)c2cc(F)ccc21. The fourth-order valence-corrected chi connectivity index (χ4v) is 2.47. The second-order valence-corrected chi connectivity index (χ2v) is 4.79. The fourth-order valence-electron chi connectivity index (χ4n) is 1.44. The van der Waals surface area contributed by atoms with Crippen LogP contribution in [0.4, 0.5) is 14.5 Å². The molecule has 0 aliphatic carbocycles. The van der Waals surface area contributed by atoms with Crippen LogP contribution in [0.5, 0.6) is 0 Å². The molecule has 1 aromatic carbocycles. The van der Waals surface area contributed by atoms with E-state index in [1.165, 1.54) is 4.90 Å². The monoisotopic (exact) mass is 246 g/mol. The molecule has 0 spiro atoms. The minimum atomic E-state index is -3.77. The molecule has 0 bridgehead atoms. The van der Waals surface area contributed by atoms with Crippen LogP contribution in [0.25, 0.3) is 0 Å². The van der Waals surface area contributed by atoms with E-state index >= 15 is 0 Å². The molecule has 4 nitrogen and oxygen atoms in total. The molecular weight excluding hydrogens is 238 g/mol. The number of sulfonamides is 1. The first kappa shape index (κ1) is 11.0. The Morgan fingerprint density at radius 3 is 2.81 bits per heavy atom. The molecule has 1 aromatic rings. The van der Waals surface area contributed by atoms with Crippen molar-refractivity contribution >= 4 is 22.0 Å². The van der Waals surface area contributed by atoms with Crippen LogP contribution in [0.2, 0.25) is 0 Å². The molecule has 0 atom stereocenters. The highest BCUT2D eigenvalue weighted by Crippen LogP contribution is 2.29. The number of nitrogens with zero attached hydrogens (tertiary/aromatic N) is 2. The van der Waals surface area contributed by atoms with Gasteiger partial charge in [0.15, 0.2) is 0 Å². The van der Waals surface area contributed by atoms with E-state index in [1.54, 1.807) is 0 Å². The van der Waals surface area contributed by atoms with E-state index in [1.807, 2.05) is 0 Å². The van der Waals surface area contributed by atoms with Crippen molar-refractivity contribution in [2.75, 3.05) is 18.1 Å². The van der Waals surface area contributed by atoms with Gasteiger partial charge in [0, 0.05) is 0 Å². The summed E-state index contributed by atoms with van der Waals surface area (Å²) in [6, 6.07) is 3.21. The maximum absolute atomic E-state index is 13.0. The number of anilines is 1. The van der Waals surface area contributed by atoms with Crippen molar-refractivity contribution in [3.63, 3.8) is 0 Å². The minimum absolute atomic E-state index is 0.0600. The molecule has 0 N–H and O–H groups in total. The second-order valence-electron chi connectivity index (χ2n) is 3.19. The lowest BCUT2D eigenvalue weighted by Crippen LogP contribution is -2.29. The molecular formula is C9H8F2N2O2S. The lowest BCUT2D eigenvalue weighted by molar-refractivity contribution is 0.502. The molecule has 1 aliphatic heterocycles. The molecule has 0 unspecified atom stereocenters. The third-order valence-corrected chi connectivity index (χ3v) is 3.43. The molecule has 0 aromatic heterocycles. The topological polar surface area (TPSA) is 49.7 Å². The summed E-state index contributed by atoms with van der Waals surface area (Å²) in [6.45, 7) is -0.739. The van der Waals surface area contributed by atoms with Crippen molar-refractivity contribution in [2.45, 2.75) is 4.90 Å². The van der Waals surface area contributed by atoms with Gasteiger partial charge >= 0.3 is 0 Å². The predicted octanol–water partition coefficient (Wildman–Crippen LogP) is 1.33. The van der Waals surface area contributed by atoms with Crippen molar-refractivity contribution in [3.8, 4) is 0 Å². The maximum Gasteiger partial charge on any atom is 0.285 e. The van der Waals surface area contributed by atoms with Gasteiger partial charge in [0.1, 0.15) is 23.7 Å². The lowest BCUT2D eigenvalue weighted by atomic mass is 10.3. The molecule has 1 heterocycles. The van der Waals surface area contributed by atoms with Crippen molar-refractivity contribution < 1.29 is 17.2 Å². The molecule has 0 fully saturated rings. The molecule has 86 valence electrons. The van der Waals surface area contributed by atoms with Gasteiger partial charge in [-0.25, -0.2) is 8.78 Å². The Morgan fingerprint density at radius 2 is 2.12 bits per heavy atom. The van der Waals surface area contributed by atoms with Gasteiger partial charge in [-0.2, -0.15) is 8.42 Å². The van der Waals surface area contributed by atoms with Crippen LogP contribution < -0.4 is 4.90 Å². The average molecular weight is 246 g/mol. The molecule has 2 rings (SSSR count). The van der Waals surface area contributed by atoms with Crippen LogP contribution in [0.1, 0.15) is 0 Å². The average Bonchev–Trinajstić information content (AvgIpc) is 2.22. The Morgan fingerprint density at radius 1 is 1.38 bits per heavy atom. The van der Waals surface area contributed by atoms with E-state index in [9.17, 15) is 17.2 Å². The Balaban J connectivity index is 2.59. The van der Waals surface area contributed by atoms with Crippen LogP contribution in [0.15, 0.2) is 27.5 Å². The van der Waals surface area contributed by atoms with Crippen LogP contribution in [-0.4, -0.2) is 28.0 Å². The highest BCUT2D eigenvalue weighted by molar-refractivity contribution is 7.90. The molecule has 16 heavy (non-hydrogen) atoms. The predicted molar refractivity (Wildman–Crippen MR) is 55.4 cm³/mol. The largest absolute Gasteiger partial charge is 0.328 e. The molecule has 0 radical (unpaired) electrons. The summed E-state index contributed by atoms with van der Waals surface area (Å²) in [4.78, 5) is 1.16. The van der Waals surface area contributed by atoms with Gasteiger partial charge in [0.25, 0.3) is 10.0 Å². The standard InChI is InChI=1S/C9H8F2N2O2S/c10-3-4-13-6-12-16(14,15)9-2-1-7(11)5-8(9)13/h1-2,5-6H,3-4H2. The highest BCUT2D eigenvalue weighted by Gasteiger charge is 2.25. The molecule has 7 heteroatoms. The van der Waals surface area contributed by atoms with E-state index in [0.29, 0.717) is 0 Å². The summed E-state index contributed by atoms with van der Waals surface area (Å²) in [6.07, 6.45) is 0.997. The van der Waals surface area contributed by atoms with Gasteiger partial charge in [-0.05, 0) is 18.2 Å². The van der Waals surface area contributed by atoms with Gasteiger partial charge in [0.2, 0.25) is 0 Å². The number of hydrogen-bond acceptors (Lipinski definition) is 3. The third-order valence-electron chi connectivity index (χ3n) is 2.16. The zero-order valence-electron chi connectivity index (χ0n) is 8.10. The maximum atomic E-state index is 13.0. The van der Waals surface area contributed by atoms with E-state index in [2.05, 4.69) is 4.40 Å². The molecule has 0 saturated carbocycles. The van der Waals surface area contributed by atoms with Gasteiger partial charge in [-0.15, -0.1) is 4.40 Å². The summed E-state index contributed by atoms with van der Waals surface area (Å²) < 4.78 is 51.5. The molecule has 0 saturated heterocycles. The van der Waals surface area contributed by atoms with E-state index in [0.717, 1.165) is 24.5 Å². The Bertz CT molecular complexity index is 542. The van der Waals surface area contributed by atoms with Gasteiger partial charge in [0.05, 0.1) is 12.2 Å². The van der Waals surface area contributed by atoms with Crippen molar-refractivity contribution in [2.24, 2.45) is 4.40 Å². The van der Waals surface area contributed by atoms with Gasteiger partial charge < -0.3 is 4.90 Å². The Kier molecular flexibility index (Phi) is 2.63. The Hall–Kier alpha value is -1.50. The summed E-state index contributed by atoms with van der Waals surface area (Å²) >= 11 is 0. The fraction of sp³-hybridized carbons (Fsp3) is 0.222. The summed E-state index contributed by atoms with van der Waals surface area (Å²) in [7, 11) is -3.77. The highest BCUT2D eigenvalue weighted by atomic mass is 32.2. The summed E-state index contributed by atoms with van der Waals surface area (Å²) in [5, 5.41) is 0. The second kappa shape index (κ2) is 3.82. The lowest BCUT2D eigenvalue weighted by Gasteiger charge is -2.23. The quantitative estimate of drug-likeness (QED) is 0.791. The van der Waals surface area contributed by atoms with Crippen molar-refractivity contribution in [1.29, 1.82) is 0 Å². The Labute approximate surface area is 91.3 Å². The van der Waals surface area contributed by atoms with Gasteiger partial charge in [-0.1, -0.05) is 0 Å².